The van der Waals surface area contributed by atoms with Crippen molar-refractivity contribution >= 4 is 23.5 Å². The van der Waals surface area contributed by atoms with Crippen LogP contribution in [0.3, 0.4) is 0 Å². The number of pyridine rings is 1. The smallest absolute Gasteiger partial charge is 0.315 e. The van der Waals surface area contributed by atoms with Crippen LogP contribution in [0.15, 0.2) is 18.3 Å². The van der Waals surface area contributed by atoms with Gasteiger partial charge in [-0.05, 0) is 37.5 Å². The van der Waals surface area contributed by atoms with Gasteiger partial charge in [0.2, 0.25) is 5.91 Å². The van der Waals surface area contributed by atoms with Crippen LogP contribution in [0.25, 0.3) is 0 Å². The number of likely N-dealkylation sites (tertiary alicyclic amines) is 1. The van der Waals surface area contributed by atoms with Gasteiger partial charge in [-0.2, -0.15) is 0 Å². The second kappa shape index (κ2) is 6.34. The number of carbonyl (C=O) groups is 3. The lowest BCUT2D eigenvalue weighted by Crippen LogP contribution is -2.46. The van der Waals surface area contributed by atoms with Crippen molar-refractivity contribution in [3.63, 3.8) is 0 Å². The number of piperidine rings is 1. The monoisotopic (exact) mass is 290 g/mol. The molecule has 1 saturated heterocycles. The molecule has 112 valence electrons. The number of amides is 3. The highest BCUT2D eigenvalue weighted by Gasteiger charge is 2.29. The van der Waals surface area contributed by atoms with E-state index in [4.69, 9.17) is 5.73 Å². The molecule has 2 heterocycles. The third-order valence-electron chi connectivity index (χ3n) is 3.54. The standard InChI is InChI=1S/C14H18N4O3/c1-9-2-5-16-11(8-9)17-13(20)14(21)18-6-3-10(4-7-18)12(15)19/h2,5,8,10H,3-4,6-7H2,1H3,(H2,15,19)(H,16,17,20). The van der Waals surface area contributed by atoms with Crippen LogP contribution in [0.4, 0.5) is 5.82 Å². The zero-order valence-corrected chi connectivity index (χ0v) is 11.8. The van der Waals surface area contributed by atoms with Crippen molar-refractivity contribution in [3.05, 3.63) is 23.9 Å². The molecule has 2 rings (SSSR count). The zero-order valence-electron chi connectivity index (χ0n) is 11.8. The Balaban J connectivity index is 1.91. The molecule has 21 heavy (non-hydrogen) atoms. The van der Waals surface area contributed by atoms with Gasteiger partial charge in [0.1, 0.15) is 5.82 Å². The first-order chi connectivity index (χ1) is 9.97. The molecule has 7 heteroatoms. The maximum absolute atomic E-state index is 12.0. The summed E-state index contributed by atoms with van der Waals surface area (Å²) in [5.74, 6) is -1.54. The summed E-state index contributed by atoms with van der Waals surface area (Å²) >= 11 is 0. The molecule has 0 unspecified atom stereocenters. The van der Waals surface area contributed by atoms with Crippen LogP contribution in [-0.2, 0) is 14.4 Å². The van der Waals surface area contributed by atoms with Crippen molar-refractivity contribution in [1.29, 1.82) is 0 Å². The number of nitrogens with one attached hydrogen (secondary N) is 1. The predicted molar refractivity (Wildman–Crippen MR) is 76.1 cm³/mol. The summed E-state index contributed by atoms with van der Waals surface area (Å²) in [6.45, 7) is 2.59. The maximum atomic E-state index is 12.0. The highest BCUT2D eigenvalue weighted by Crippen LogP contribution is 2.17. The number of anilines is 1. The molecule has 3 amide bonds. The van der Waals surface area contributed by atoms with Crippen LogP contribution < -0.4 is 11.1 Å². The highest BCUT2D eigenvalue weighted by molar-refractivity contribution is 6.39. The van der Waals surface area contributed by atoms with Gasteiger partial charge in [-0.15, -0.1) is 0 Å². The SMILES string of the molecule is Cc1ccnc(NC(=O)C(=O)N2CCC(C(N)=O)CC2)c1. The number of carbonyl (C=O) groups excluding carboxylic acids is 3. The number of nitrogens with zero attached hydrogens (tertiary/aromatic N) is 2. The lowest BCUT2D eigenvalue weighted by Gasteiger charge is -2.29. The number of primary amides is 1. The minimum Gasteiger partial charge on any atom is -0.369 e. The first-order valence-electron chi connectivity index (χ1n) is 6.79. The van der Waals surface area contributed by atoms with Gasteiger partial charge in [0.25, 0.3) is 0 Å². The Labute approximate surface area is 122 Å². The van der Waals surface area contributed by atoms with E-state index in [9.17, 15) is 14.4 Å². The fourth-order valence-corrected chi connectivity index (χ4v) is 2.29. The van der Waals surface area contributed by atoms with Gasteiger partial charge in [0, 0.05) is 25.2 Å². The van der Waals surface area contributed by atoms with Crippen LogP contribution in [0.1, 0.15) is 18.4 Å². The van der Waals surface area contributed by atoms with Gasteiger partial charge in [0.15, 0.2) is 0 Å². The summed E-state index contributed by atoms with van der Waals surface area (Å²) in [6.07, 6.45) is 2.56. The van der Waals surface area contributed by atoms with E-state index in [1.807, 2.05) is 6.92 Å². The van der Waals surface area contributed by atoms with Crippen molar-refractivity contribution in [2.45, 2.75) is 19.8 Å². The number of aryl methyl sites for hydroxylation is 1. The van der Waals surface area contributed by atoms with Crippen molar-refractivity contribution < 1.29 is 14.4 Å². The first kappa shape index (κ1) is 15.0. The normalized spacial score (nSPS) is 15.6. The molecule has 1 aromatic rings. The molecule has 1 aliphatic rings. The van der Waals surface area contributed by atoms with Gasteiger partial charge in [-0.1, -0.05) is 0 Å². The summed E-state index contributed by atoms with van der Waals surface area (Å²) in [5.41, 5.74) is 6.17. The first-order valence-corrected chi connectivity index (χ1v) is 6.79. The van der Waals surface area contributed by atoms with E-state index >= 15 is 0 Å². The Kier molecular flexibility index (Phi) is 4.52. The Morgan fingerprint density at radius 2 is 2.00 bits per heavy atom. The number of nitrogens with two attached hydrogens (primary N) is 1. The van der Waals surface area contributed by atoms with Crippen LogP contribution in [0.2, 0.25) is 0 Å². The Morgan fingerprint density at radius 3 is 2.57 bits per heavy atom. The number of hydrogen-bond acceptors (Lipinski definition) is 4. The fourth-order valence-electron chi connectivity index (χ4n) is 2.29. The van der Waals surface area contributed by atoms with Gasteiger partial charge in [-0.25, -0.2) is 4.98 Å². The molecule has 3 N–H and O–H groups in total. The number of aromatic nitrogens is 1. The third kappa shape index (κ3) is 3.77. The summed E-state index contributed by atoms with van der Waals surface area (Å²) in [6, 6.07) is 3.48. The summed E-state index contributed by atoms with van der Waals surface area (Å²) < 4.78 is 0. The van der Waals surface area contributed by atoms with Crippen LogP contribution in [0, 0.1) is 12.8 Å². The molecule has 7 nitrogen and oxygen atoms in total. The largest absolute Gasteiger partial charge is 0.369 e. The molecule has 0 radical (unpaired) electrons. The molecule has 0 saturated carbocycles. The minimum atomic E-state index is -0.717. The lowest BCUT2D eigenvalue weighted by molar-refractivity contribution is -0.144. The van der Waals surface area contributed by atoms with Crippen molar-refractivity contribution in [1.82, 2.24) is 9.88 Å². The van der Waals surface area contributed by atoms with E-state index in [1.54, 1.807) is 18.3 Å². The van der Waals surface area contributed by atoms with Crippen LogP contribution in [0.5, 0.6) is 0 Å². The summed E-state index contributed by atoms with van der Waals surface area (Å²) in [7, 11) is 0. The summed E-state index contributed by atoms with van der Waals surface area (Å²) in [5, 5.41) is 2.48. The van der Waals surface area contributed by atoms with E-state index in [1.165, 1.54) is 4.90 Å². The maximum Gasteiger partial charge on any atom is 0.315 e. The average molecular weight is 290 g/mol. The molecule has 0 spiro atoms. The van der Waals surface area contributed by atoms with E-state index in [0.717, 1.165) is 5.56 Å². The van der Waals surface area contributed by atoms with Gasteiger partial charge in [-0.3, -0.25) is 14.4 Å². The summed E-state index contributed by atoms with van der Waals surface area (Å²) in [4.78, 5) is 40.4. The van der Waals surface area contributed by atoms with Crippen molar-refractivity contribution in [3.8, 4) is 0 Å². The van der Waals surface area contributed by atoms with E-state index in [2.05, 4.69) is 10.3 Å². The minimum absolute atomic E-state index is 0.212. The molecular formula is C14H18N4O3. The highest BCUT2D eigenvalue weighted by atomic mass is 16.2. The van der Waals surface area contributed by atoms with E-state index in [0.29, 0.717) is 31.7 Å². The predicted octanol–water partition coefficient (Wildman–Crippen LogP) is 0.0524. The zero-order chi connectivity index (χ0) is 15.4. The molecule has 1 aliphatic heterocycles. The molecule has 1 aromatic heterocycles. The van der Waals surface area contributed by atoms with Gasteiger partial charge < -0.3 is 16.0 Å². The molecule has 0 atom stereocenters. The van der Waals surface area contributed by atoms with Gasteiger partial charge in [0.05, 0.1) is 0 Å². The van der Waals surface area contributed by atoms with E-state index < -0.39 is 11.8 Å². The molecule has 1 fully saturated rings. The Bertz CT molecular complexity index is 565. The second-order valence-electron chi connectivity index (χ2n) is 5.14. The van der Waals surface area contributed by atoms with Crippen molar-refractivity contribution in [2.24, 2.45) is 11.7 Å². The fraction of sp³-hybridized carbons (Fsp3) is 0.429. The lowest BCUT2D eigenvalue weighted by atomic mass is 9.96. The quantitative estimate of drug-likeness (QED) is 0.751. The molecule has 0 aromatic carbocycles. The topological polar surface area (TPSA) is 105 Å². The second-order valence-corrected chi connectivity index (χ2v) is 5.14. The average Bonchev–Trinajstić information content (AvgIpc) is 2.46. The Hall–Kier alpha value is -2.44. The molecule has 0 bridgehead atoms. The van der Waals surface area contributed by atoms with Crippen LogP contribution in [-0.4, -0.2) is 40.7 Å². The third-order valence-corrected chi connectivity index (χ3v) is 3.54. The number of hydrogen-bond donors (Lipinski definition) is 2. The van der Waals surface area contributed by atoms with Crippen molar-refractivity contribution in [2.75, 3.05) is 18.4 Å². The number of rotatable bonds is 2. The molecule has 0 aliphatic carbocycles. The van der Waals surface area contributed by atoms with Gasteiger partial charge >= 0.3 is 11.8 Å². The molecular weight excluding hydrogens is 272 g/mol. The Morgan fingerprint density at radius 1 is 1.33 bits per heavy atom. The van der Waals surface area contributed by atoms with Crippen LogP contribution >= 0.6 is 0 Å². The van der Waals surface area contributed by atoms with E-state index in [-0.39, 0.29) is 11.8 Å².